The molecule has 0 aliphatic rings. The molecule has 1 unspecified atom stereocenters. The molecule has 0 rings (SSSR count). The summed E-state index contributed by atoms with van der Waals surface area (Å²) in [7, 11) is -4.40. The minimum atomic E-state index is -4.40. The van der Waals surface area contributed by atoms with E-state index in [2.05, 4.69) is 25.3 Å². The lowest BCUT2D eigenvalue weighted by Crippen LogP contribution is -2.55. The lowest BCUT2D eigenvalue weighted by atomic mass is 10.0. The summed E-state index contributed by atoms with van der Waals surface area (Å²) >= 11 is 0. The number of nitrogens with zero attached hydrogens (tertiary/aromatic N) is 1. The van der Waals surface area contributed by atoms with Gasteiger partial charge in [-0.1, -0.05) is 6.08 Å². The van der Waals surface area contributed by atoms with Crippen LogP contribution in [0.1, 0.15) is 53.4 Å². The molecule has 0 aliphatic heterocycles. The van der Waals surface area contributed by atoms with E-state index in [9.17, 15) is 9.36 Å². The molecule has 2 N–H and O–H groups in total. The fourth-order valence-corrected chi connectivity index (χ4v) is 3.68. The van der Waals surface area contributed by atoms with Gasteiger partial charge in [0.15, 0.2) is 0 Å². The molecule has 8 heteroatoms. The van der Waals surface area contributed by atoms with Gasteiger partial charge in [-0.05, 0) is 40.5 Å². The number of carbonyl (C=O) groups is 1. The number of phosphoric ester groups is 1. The van der Waals surface area contributed by atoms with Crippen molar-refractivity contribution in [1.82, 2.24) is 0 Å². The maximum absolute atomic E-state index is 11.4. The molecule has 0 saturated carbocycles. The predicted molar refractivity (Wildman–Crippen MR) is 97.9 cm³/mol. The minimum Gasteiger partial charge on any atom is -0.463 e. The summed E-state index contributed by atoms with van der Waals surface area (Å²) in [4.78, 5) is 28.9. The van der Waals surface area contributed by atoms with Crippen LogP contribution in [0.3, 0.4) is 0 Å². The highest BCUT2D eigenvalue weighted by Gasteiger charge is 2.31. The first-order valence-corrected chi connectivity index (χ1v) is 10.6. The lowest BCUT2D eigenvalue weighted by molar-refractivity contribution is -0.947. The van der Waals surface area contributed by atoms with Crippen molar-refractivity contribution in [1.29, 1.82) is 0 Å². The van der Waals surface area contributed by atoms with Gasteiger partial charge in [0.25, 0.3) is 0 Å². The third kappa shape index (κ3) is 10.1. The van der Waals surface area contributed by atoms with Crippen LogP contribution in [-0.4, -0.2) is 59.1 Å². The molecule has 0 fully saturated rings. The second-order valence-corrected chi connectivity index (χ2v) is 7.34. The zero-order valence-corrected chi connectivity index (χ0v) is 16.9. The van der Waals surface area contributed by atoms with Gasteiger partial charge in [-0.2, -0.15) is 0 Å². The SMILES string of the molecule is CC=CC(=O)OCCCC(CCCOP(=O)(O)O)[N+](CC)(CC)CC. The molecule has 0 aromatic heterocycles. The van der Waals surface area contributed by atoms with Crippen LogP contribution < -0.4 is 0 Å². The molecule has 0 amide bonds. The van der Waals surface area contributed by atoms with Crippen molar-refractivity contribution < 1.29 is 32.9 Å². The smallest absolute Gasteiger partial charge is 0.463 e. The Morgan fingerprint density at radius 2 is 1.60 bits per heavy atom. The highest BCUT2D eigenvalue weighted by Crippen LogP contribution is 2.36. The molecular formula is C17H35NO6P+. The Morgan fingerprint density at radius 3 is 2.04 bits per heavy atom. The quantitative estimate of drug-likeness (QED) is 0.158. The maximum Gasteiger partial charge on any atom is 0.469 e. The number of hydrogen-bond acceptors (Lipinski definition) is 4. The van der Waals surface area contributed by atoms with Crippen molar-refractivity contribution in [2.75, 3.05) is 32.8 Å². The van der Waals surface area contributed by atoms with Gasteiger partial charge < -0.3 is 19.0 Å². The van der Waals surface area contributed by atoms with Gasteiger partial charge in [0.05, 0.1) is 38.9 Å². The molecule has 0 aromatic carbocycles. The fraction of sp³-hybridized carbons (Fsp3) is 0.824. The third-order valence-corrected chi connectivity index (χ3v) is 5.35. The van der Waals surface area contributed by atoms with E-state index < -0.39 is 7.82 Å². The Kier molecular flexibility index (Phi) is 12.2. The van der Waals surface area contributed by atoms with Gasteiger partial charge in [-0.25, -0.2) is 9.36 Å². The monoisotopic (exact) mass is 380 g/mol. The number of phosphoric acid groups is 1. The summed E-state index contributed by atoms with van der Waals surface area (Å²) in [5, 5.41) is 0. The summed E-state index contributed by atoms with van der Waals surface area (Å²) in [5.74, 6) is -0.323. The average Bonchev–Trinajstić information content (AvgIpc) is 2.55. The second-order valence-electron chi connectivity index (χ2n) is 6.10. The van der Waals surface area contributed by atoms with Gasteiger partial charge in [-0.3, -0.25) is 4.52 Å². The van der Waals surface area contributed by atoms with Crippen LogP contribution in [0.2, 0.25) is 0 Å². The number of esters is 1. The average molecular weight is 380 g/mol. The molecule has 25 heavy (non-hydrogen) atoms. The van der Waals surface area contributed by atoms with Gasteiger partial charge in [-0.15, -0.1) is 0 Å². The van der Waals surface area contributed by atoms with Crippen molar-refractivity contribution >= 4 is 13.8 Å². The molecule has 148 valence electrons. The number of quaternary nitrogens is 1. The first kappa shape index (κ1) is 24.3. The van der Waals surface area contributed by atoms with Gasteiger partial charge in [0, 0.05) is 18.9 Å². The largest absolute Gasteiger partial charge is 0.469 e. The van der Waals surface area contributed by atoms with Gasteiger partial charge in [0.2, 0.25) is 0 Å². The van der Waals surface area contributed by atoms with E-state index in [1.54, 1.807) is 13.0 Å². The molecule has 0 saturated heterocycles. The number of ether oxygens (including phenoxy) is 1. The first-order chi connectivity index (χ1) is 11.7. The highest BCUT2D eigenvalue weighted by molar-refractivity contribution is 7.46. The molecule has 0 aromatic rings. The van der Waals surface area contributed by atoms with E-state index in [4.69, 9.17) is 14.5 Å². The third-order valence-electron chi connectivity index (χ3n) is 4.83. The van der Waals surface area contributed by atoms with E-state index in [0.717, 1.165) is 43.4 Å². The van der Waals surface area contributed by atoms with Crippen LogP contribution in [0.5, 0.6) is 0 Å². The second kappa shape index (κ2) is 12.6. The number of hydrogen-bond donors (Lipinski definition) is 2. The van der Waals surface area contributed by atoms with Crippen LogP contribution in [0.15, 0.2) is 12.2 Å². The van der Waals surface area contributed by atoms with Gasteiger partial charge in [0.1, 0.15) is 0 Å². The van der Waals surface area contributed by atoms with Crippen LogP contribution in [0, 0.1) is 0 Å². The Balaban J connectivity index is 4.62. The summed E-state index contributed by atoms with van der Waals surface area (Å²) in [6.07, 6.45) is 6.13. The molecule has 0 aliphatic carbocycles. The predicted octanol–water partition coefficient (Wildman–Crippen LogP) is 3.02. The number of carbonyl (C=O) groups excluding carboxylic acids is 1. The molecule has 0 radical (unpaired) electrons. The summed E-state index contributed by atoms with van der Waals surface area (Å²) in [5.41, 5.74) is 0. The lowest BCUT2D eigenvalue weighted by Gasteiger charge is -2.43. The van der Waals surface area contributed by atoms with E-state index in [0.29, 0.717) is 19.1 Å². The standard InChI is InChI=1S/C17H34NO6P/c1-5-11-17(19)23-14-9-12-16(18(6-2,7-3)8-4)13-10-15-24-25(20,21)22/h5,11,16H,6-10,12-15H2,1-4H3,(H-,20,21,22)/p+1. The number of allylic oxidation sites excluding steroid dienone is 1. The summed E-state index contributed by atoms with van der Waals surface area (Å²) in [6, 6.07) is 0.348. The van der Waals surface area contributed by atoms with Crippen LogP contribution in [0.25, 0.3) is 0 Å². The Hall–Kier alpha value is -0.720. The zero-order chi connectivity index (χ0) is 19.3. The molecule has 0 spiro atoms. The Bertz CT molecular complexity index is 436. The highest BCUT2D eigenvalue weighted by atomic mass is 31.2. The Morgan fingerprint density at radius 1 is 1.08 bits per heavy atom. The summed E-state index contributed by atoms with van der Waals surface area (Å²) in [6.45, 7) is 11.7. The van der Waals surface area contributed by atoms with E-state index in [1.807, 2.05) is 0 Å². The van der Waals surface area contributed by atoms with E-state index >= 15 is 0 Å². The van der Waals surface area contributed by atoms with E-state index in [1.165, 1.54) is 6.08 Å². The van der Waals surface area contributed by atoms with Crippen LogP contribution >= 0.6 is 7.82 Å². The van der Waals surface area contributed by atoms with Crippen molar-refractivity contribution in [3.63, 3.8) is 0 Å². The molecule has 1 atom stereocenters. The van der Waals surface area contributed by atoms with Crippen molar-refractivity contribution in [2.24, 2.45) is 0 Å². The van der Waals surface area contributed by atoms with Crippen molar-refractivity contribution in [3.8, 4) is 0 Å². The Labute approximate surface area is 151 Å². The minimum absolute atomic E-state index is 0.0498. The fourth-order valence-electron chi connectivity index (χ4n) is 3.32. The van der Waals surface area contributed by atoms with Gasteiger partial charge >= 0.3 is 13.8 Å². The van der Waals surface area contributed by atoms with E-state index in [-0.39, 0.29) is 12.6 Å². The molecular weight excluding hydrogens is 345 g/mol. The normalized spacial score (nSPS) is 14.0. The van der Waals surface area contributed by atoms with Crippen molar-refractivity contribution in [3.05, 3.63) is 12.2 Å². The van der Waals surface area contributed by atoms with Crippen molar-refractivity contribution in [2.45, 2.75) is 59.4 Å². The molecule has 0 heterocycles. The maximum atomic E-state index is 11.4. The van der Waals surface area contributed by atoms with Crippen LogP contribution in [-0.2, 0) is 18.6 Å². The first-order valence-electron chi connectivity index (χ1n) is 9.09. The topological polar surface area (TPSA) is 93.1 Å². The number of rotatable bonds is 14. The van der Waals surface area contributed by atoms with Crippen LogP contribution in [0.4, 0.5) is 0 Å². The zero-order valence-electron chi connectivity index (χ0n) is 16.0. The summed E-state index contributed by atoms with van der Waals surface area (Å²) < 4.78 is 21.4. The molecule has 0 bridgehead atoms. The molecule has 7 nitrogen and oxygen atoms in total.